The summed E-state index contributed by atoms with van der Waals surface area (Å²) in [4.78, 5) is 41.9. The SMILES string of the molecule is Cc1ccc(-c2c3c(nc4nc(N5CC(C)CC(C)C5)[nH]c(=O)c24)-c2ccccc2C3=O)cc1. The van der Waals surface area contributed by atoms with Gasteiger partial charge in [0, 0.05) is 29.8 Å². The van der Waals surface area contributed by atoms with Gasteiger partial charge < -0.3 is 4.90 Å². The Hall–Kier alpha value is -3.80. The van der Waals surface area contributed by atoms with Gasteiger partial charge >= 0.3 is 0 Å². The van der Waals surface area contributed by atoms with Gasteiger partial charge in [-0.05, 0) is 30.7 Å². The molecular formula is C28H26N4O2. The molecule has 2 aromatic heterocycles. The topological polar surface area (TPSA) is 79.0 Å². The van der Waals surface area contributed by atoms with E-state index in [1.54, 1.807) is 0 Å². The van der Waals surface area contributed by atoms with Gasteiger partial charge in [0.1, 0.15) is 0 Å². The lowest BCUT2D eigenvalue weighted by molar-refractivity contribution is 0.104. The summed E-state index contributed by atoms with van der Waals surface area (Å²) in [5, 5.41) is 0.366. The van der Waals surface area contributed by atoms with Crippen LogP contribution in [0.15, 0.2) is 53.3 Å². The smallest absolute Gasteiger partial charge is 0.262 e. The number of aromatic amines is 1. The molecule has 1 N–H and O–H groups in total. The van der Waals surface area contributed by atoms with Crippen LogP contribution in [0.25, 0.3) is 33.4 Å². The van der Waals surface area contributed by atoms with Gasteiger partial charge in [-0.15, -0.1) is 0 Å². The third-order valence-corrected chi connectivity index (χ3v) is 7.00. The van der Waals surface area contributed by atoms with Crippen LogP contribution < -0.4 is 10.5 Å². The van der Waals surface area contributed by atoms with E-state index in [-0.39, 0.29) is 11.3 Å². The summed E-state index contributed by atoms with van der Waals surface area (Å²) in [7, 11) is 0. The van der Waals surface area contributed by atoms with Gasteiger partial charge in [0.2, 0.25) is 5.95 Å². The molecule has 0 radical (unpaired) electrons. The number of piperidine rings is 1. The van der Waals surface area contributed by atoms with Crippen LogP contribution in [0.3, 0.4) is 0 Å². The second-order valence-corrected chi connectivity index (χ2v) is 9.89. The number of fused-ring (bicyclic) bond motifs is 4. The highest BCUT2D eigenvalue weighted by Crippen LogP contribution is 2.42. The zero-order valence-corrected chi connectivity index (χ0v) is 19.6. The van der Waals surface area contributed by atoms with Crippen LogP contribution in [0.5, 0.6) is 0 Å². The van der Waals surface area contributed by atoms with Crippen molar-refractivity contribution < 1.29 is 4.79 Å². The number of pyridine rings is 1. The molecule has 1 aliphatic carbocycles. The van der Waals surface area contributed by atoms with Crippen LogP contribution >= 0.6 is 0 Å². The molecule has 2 aromatic carbocycles. The lowest BCUT2D eigenvalue weighted by Crippen LogP contribution is -2.40. The van der Waals surface area contributed by atoms with Gasteiger partial charge in [0.15, 0.2) is 11.4 Å². The Balaban J connectivity index is 1.65. The van der Waals surface area contributed by atoms with Gasteiger partial charge in [-0.1, -0.05) is 67.9 Å². The van der Waals surface area contributed by atoms with Gasteiger partial charge in [-0.3, -0.25) is 14.6 Å². The fraction of sp³-hybridized carbons (Fsp3) is 0.286. The number of aryl methyl sites for hydroxylation is 1. The number of carbonyl (C=O) groups excluding carboxylic acids is 1. The van der Waals surface area contributed by atoms with Crippen molar-refractivity contribution in [1.29, 1.82) is 0 Å². The summed E-state index contributed by atoms with van der Waals surface area (Å²) in [6, 6.07) is 15.4. The monoisotopic (exact) mass is 450 g/mol. The maximum atomic E-state index is 13.6. The molecule has 0 bridgehead atoms. The van der Waals surface area contributed by atoms with Crippen LogP contribution in [0.4, 0.5) is 5.95 Å². The summed E-state index contributed by atoms with van der Waals surface area (Å²) in [6.07, 6.45) is 1.16. The summed E-state index contributed by atoms with van der Waals surface area (Å²) in [6.45, 7) is 8.16. The van der Waals surface area contributed by atoms with Gasteiger partial charge in [0.25, 0.3) is 5.56 Å². The van der Waals surface area contributed by atoms with E-state index in [2.05, 4.69) is 23.7 Å². The highest BCUT2D eigenvalue weighted by molar-refractivity contribution is 6.26. The number of nitrogens with zero attached hydrogens (tertiary/aromatic N) is 3. The first kappa shape index (κ1) is 20.8. The van der Waals surface area contributed by atoms with E-state index in [0.717, 1.165) is 36.2 Å². The lowest BCUT2D eigenvalue weighted by atomic mass is 9.92. The van der Waals surface area contributed by atoms with Crippen molar-refractivity contribution in [3.63, 3.8) is 0 Å². The number of anilines is 1. The van der Waals surface area contributed by atoms with Crippen molar-refractivity contribution in [1.82, 2.24) is 15.0 Å². The summed E-state index contributed by atoms with van der Waals surface area (Å²) >= 11 is 0. The first-order valence-electron chi connectivity index (χ1n) is 11.8. The summed E-state index contributed by atoms with van der Waals surface area (Å²) < 4.78 is 0. The minimum absolute atomic E-state index is 0.0993. The van der Waals surface area contributed by atoms with Crippen LogP contribution in [0.2, 0.25) is 0 Å². The van der Waals surface area contributed by atoms with Gasteiger partial charge in [-0.25, -0.2) is 4.98 Å². The van der Waals surface area contributed by atoms with Crippen molar-refractivity contribution in [2.75, 3.05) is 18.0 Å². The number of hydrogen-bond acceptors (Lipinski definition) is 5. The first-order chi connectivity index (χ1) is 16.4. The number of carbonyl (C=O) groups is 1. The Bertz CT molecular complexity index is 1510. The summed E-state index contributed by atoms with van der Waals surface area (Å²) in [5.74, 6) is 1.49. The molecule has 1 fully saturated rings. The van der Waals surface area contributed by atoms with E-state index in [1.165, 1.54) is 0 Å². The Morgan fingerprint density at radius 3 is 2.26 bits per heavy atom. The molecule has 2 unspecified atom stereocenters. The molecule has 170 valence electrons. The van der Waals surface area contributed by atoms with E-state index >= 15 is 0 Å². The van der Waals surface area contributed by atoms with Gasteiger partial charge in [0.05, 0.1) is 16.6 Å². The van der Waals surface area contributed by atoms with E-state index < -0.39 is 0 Å². The number of aromatic nitrogens is 3. The minimum Gasteiger partial charge on any atom is -0.342 e. The van der Waals surface area contributed by atoms with E-state index in [9.17, 15) is 9.59 Å². The number of benzene rings is 2. The molecule has 2 atom stereocenters. The lowest BCUT2D eigenvalue weighted by Gasteiger charge is -2.35. The second kappa shape index (κ2) is 7.62. The number of hydrogen-bond donors (Lipinski definition) is 1. The molecule has 4 aromatic rings. The number of rotatable bonds is 2. The third-order valence-electron chi connectivity index (χ3n) is 7.00. The van der Waals surface area contributed by atoms with Crippen molar-refractivity contribution >= 4 is 22.8 Å². The maximum absolute atomic E-state index is 13.6. The molecule has 6 nitrogen and oxygen atoms in total. The highest BCUT2D eigenvalue weighted by atomic mass is 16.1. The maximum Gasteiger partial charge on any atom is 0.262 e. The number of nitrogens with one attached hydrogen (secondary N) is 1. The third kappa shape index (κ3) is 3.16. The Labute approximate surface area is 197 Å². The average Bonchev–Trinajstić information content (AvgIpc) is 3.09. The van der Waals surface area contributed by atoms with Crippen LogP contribution in [0, 0.1) is 18.8 Å². The van der Waals surface area contributed by atoms with Crippen molar-refractivity contribution in [2.24, 2.45) is 11.8 Å². The molecule has 6 rings (SSSR count). The van der Waals surface area contributed by atoms with Crippen molar-refractivity contribution in [3.05, 3.63) is 75.6 Å². The molecule has 1 saturated heterocycles. The van der Waals surface area contributed by atoms with E-state index in [0.29, 0.717) is 51.2 Å². The standard InChI is InChI=1S/C28H26N4O2/c1-15-8-10-18(11-9-15)21-22-24(19-6-4-5-7-20(19)25(22)33)29-26-23(21)27(34)31-28(30-26)32-13-16(2)12-17(3)14-32/h4-11,16-17H,12-14H2,1-3H3,(H,29,30,31,34). The van der Waals surface area contributed by atoms with Crippen molar-refractivity contribution in [3.8, 4) is 22.4 Å². The summed E-state index contributed by atoms with van der Waals surface area (Å²) in [5.41, 5.74) is 5.15. The van der Waals surface area contributed by atoms with Crippen LogP contribution in [-0.4, -0.2) is 33.8 Å². The zero-order valence-electron chi connectivity index (χ0n) is 19.6. The molecule has 6 heteroatoms. The molecule has 0 spiro atoms. The predicted octanol–water partition coefficient (Wildman–Crippen LogP) is 4.99. The zero-order chi connectivity index (χ0) is 23.6. The second-order valence-electron chi connectivity index (χ2n) is 9.89. The van der Waals surface area contributed by atoms with Gasteiger partial charge in [-0.2, -0.15) is 4.98 Å². The first-order valence-corrected chi connectivity index (χ1v) is 11.8. The molecule has 3 heterocycles. The Morgan fingerprint density at radius 1 is 0.882 bits per heavy atom. The number of ketones is 1. The average molecular weight is 451 g/mol. The molecule has 0 saturated carbocycles. The molecular weight excluding hydrogens is 424 g/mol. The highest BCUT2D eigenvalue weighted by Gasteiger charge is 2.34. The Morgan fingerprint density at radius 2 is 1.56 bits per heavy atom. The van der Waals surface area contributed by atoms with Crippen molar-refractivity contribution in [2.45, 2.75) is 27.2 Å². The van der Waals surface area contributed by atoms with E-state index in [4.69, 9.17) is 9.97 Å². The fourth-order valence-corrected chi connectivity index (χ4v) is 5.59. The molecule has 1 aliphatic heterocycles. The van der Waals surface area contributed by atoms with E-state index in [1.807, 2.05) is 55.5 Å². The van der Waals surface area contributed by atoms with Crippen LogP contribution in [0.1, 0.15) is 41.8 Å². The normalized spacial score (nSPS) is 19.4. The fourth-order valence-electron chi connectivity index (χ4n) is 5.59. The molecule has 0 amide bonds. The molecule has 2 aliphatic rings. The largest absolute Gasteiger partial charge is 0.342 e. The number of H-pyrrole nitrogens is 1. The quantitative estimate of drug-likeness (QED) is 0.410. The molecule has 34 heavy (non-hydrogen) atoms. The minimum atomic E-state index is -0.263. The van der Waals surface area contributed by atoms with Crippen LogP contribution in [-0.2, 0) is 0 Å². The Kier molecular flexibility index (Phi) is 4.66. The predicted molar refractivity (Wildman–Crippen MR) is 134 cm³/mol.